The van der Waals surface area contributed by atoms with Gasteiger partial charge in [-0.1, -0.05) is 30.3 Å². The normalized spacial score (nSPS) is 31.1. The van der Waals surface area contributed by atoms with Gasteiger partial charge in [0.15, 0.2) is 0 Å². The van der Waals surface area contributed by atoms with Crippen LogP contribution in [0.1, 0.15) is 18.9 Å². The average molecular weight is 190 g/mol. The van der Waals surface area contributed by atoms with Gasteiger partial charge in [0.1, 0.15) is 5.60 Å². The van der Waals surface area contributed by atoms with E-state index in [-0.39, 0.29) is 0 Å². The molecule has 1 aliphatic heterocycles. The molecule has 1 aromatic carbocycles. The standard InChI is InChI=1S/C12H14O2/c1-12(9-11(13)7-8-14-12)10-5-3-2-4-6-10/h2-8,11,13H,9H2,1H3/t11-,12+/m0/s1. The highest BCUT2D eigenvalue weighted by atomic mass is 16.5. The molecule has 0 spiro atoms. The Bertz CT molecular complexity index is 331. The average Bonchev–Trinajstić information content (AvgIpc) is 2.19. The second kappa shape index (κ2) is 3.46. The van der Waals surface area contributed by atoms with Crippen molar-refractivity contribution in [2.24, 2.45) is 0 Å². The molecule has 1 N–H and O–H groups in total. The van der Waals surface area contributed by atoms with E-state index in [2.05, 4.69) is 0 Å². The van der Waals surface area contributed by atoms with Crippen molar-refractivity contribution in [2.45, 2.75) is 25.0 Å². The molecule has 2 atom stereocenters. The van der Waals surface area contributed by atoms with Crippen LogP contribution in [0.2, 0.25) is 0 Å². The van der Waals surface area contributed by atoms with Crippen molar-refractivity contribution >= 4 is 0 Å². The Hall–Kier alpha value is -1.28. The summed E-state index contributed by atoms with van der Waals surface area (Å²) < 4.78 is 5.58. The molecule has 0 aromatic heterocycles. The Morgan fingerprint density at radius 3 is 2.71 bits per heavy atom. The van der Waals surface area contributed by atoms with E-state index >= 15 is 0 Å². The molecule has 14 heavy (non-hydrogen) atoms. The highest BCUT2D eigenvalue weighted by Crippen LogP contribution is 2.33. The summed E-state index contributed by atoms with van der Waals surface area (Å²) in [5.74, 6) is 0. The largest absolute Gasteiger partial charge is 0.491 e. The SMILES string of the molecule is C[C@]1(c2ccccc2)C[C@@H](O)C=CO1. The lowest BCUT2D eigenvalue weighted by Gasteiger charge is -2.33. The molecule has 0 saturated heterocycles. The molecule has 2 nitrogen and oxygen atoms in total. The van der Waals surface area contributed by atoms with E-state index in [0.29, 0.717) is 6.42 Å². The molecule has 0 fully saturated rings. The number of aliphatic hydroxyl groups is 1. The van der Waals surface area contributed by atoms with Gasteiger partial charge in [0.25, 0.3) is 0 Å². The highest BCUT2D eigenvalue weighted by molar-refractivity contribution is 5.23. The predicted octanol–water partition coefficient (Wildman–Crippen LogP) is 2.20. The van der Waals surface area contributed by atoms with E-state index < -0.39 is 11.7 Å². The molecule has 0 unspecified atom stereocenters. The fourth-order valence-electron chi connectivity index (χ4n) is 1.77. The summed E-state index contributed by atoms with van der Waals surface area (Å²) in [4.78, 5) is 0. The zero-order valence-corrected chi connectivity index (χ0v) is 8.18. The van der Waals surface area contributed by atoms with Crippen molar-refractivity contribution in [3.63, 3.8) is 0 Å². The molecule has 74 valence electrons. The van der Waals surface area contributed by atoms with Gasteiger partial charge in [-0.05, 0) is 18.6 Å². The van der Waals surface area contributed by atoms with Gasteiger partial charge in [0.05, 0.1) is 12.4 Å². The molecule has 0 radical (unpaired) electrons. The van der Waals surface area contributed by atoms with Crippen molar-refractivity contribution in [3.8, 4) is 0 Å². The Kier molecular flexibility index (Phi) is 2.30. The van der Waals surface area contributed by atoms with Crippen LogP contribution in [0.15, 0.2) is 42.7 Å². The first-order valence-corrected chi connectivity index (χ1v) is 4.79. The first-order chi connectivity index (χ1) is 6.71. The molecule has 0 saturated carbocycles. The lowest BCUT2D eigenvalue weighted by molar-refractivity contribution is -0.0200. The number of aliphatic hydroxyl groups excluding tert-OH is 1. The number of benzene rings is 1. The third kappa shape index (κ3) is 1.66. The van der Waals surface area contributed by atoms with Crippen molar-refractivity contribution in [3.05, 3.63) is 48.2 Å². The van der Waals surface area contributed by atoms with Crippen LogP contribution in [0.25, 0.3) is 0 Å². The molecule has 2 heteroatoms. The maximum atomic E-state index is 9.54. The van der Waals surface area contributed by atoms with Crippen molar-refractivity contribution in [1.82, 2.24) is 0 Å². The molecular formula is C12H14O2. The van der Waals surface area contributed by atoms with E-state index in [1.54, 1.807) is 12.3 Å². The lowest BCUT2D eigenvalue weighted by Crippen LogP contribution is -2.31. The van der Waals surface area contributed by atoms with Gasteiger partial charge in [-0.15, -0.1) is 0 Å². The minimum atomic E-state index is -0.408. The summed E-state index contributed by atoms with van der Waals surface area (Å²) in [6.07, 6.45) is 3.45. The molecule has 0 bridgehead atoms. The topological polar surface area (TPSA) is 29.5 Å². The molecular weight excluding hydrogens is 176 g/mol. The van der Waals surface area contributed by atoms with Crippen LogP contribution in [-0.2, 0) is 10.3 Å². The van der Waals surface area contributed by atoms with E-state index in [1.807, 2.05) is 37.3 Å². The zero-order valence-electron chi connectivity index (χ0n) is 8.18. The van der Waals surface area contributed by atoms with Crippen molar-refractivity contribution in [1.29, 1.82) is 0 Å². The Morgan fingerprint density at radius 1 is 1.36 bits per heavy atom. The van der Waals surface area contributed by atoms with E-state index in [0.717, 1.165) is 5.56 Å². The van der Waals surface area contributed by atoms with Crippen LogP contribution >= 0.6 is 0 Å². The second-order valence-electron chi connectivity index (χ2n) is 3.81. The molecule has 1 heterocycles. The number of rotatable bonds is 1. The van der Waals surface area contributed by atoms with Gasteiger partial charge in [0.2, 0.25) is 0 Å². The van der Waals surface area contributed by atoms with Gasteiger partial charge in [-0.25, -0.2) is 0 Å². The molecule has 1 aliphatic rings. The van der Waals surface area contributed by atoms with Crippen molar-refractivity contribution < 1.29 is 9.84 Å². The number of hydrogen-bond acceptors (Lipinski definition) is 2. The summed E-state index contributed by atoms with van der Waals surface area (Å²) in [5, 5.41) is 9.54. The minimum Gasteiger partial charge on any atom is -0.491 e. The molecule has 0 aliphatic carbocycles. The summed E-state index contributed by atoms with van der Waals surface area (Å²) >= 11 is 0. The predicted molar refractivity (Wildman–Crippen MR) is 54.6 cm³/mol. The first-order valence-electron chi connectivity index (χ1n) is 4.79. The number of ether oxygens (including phenoxy) is 1. The smallest absolute Gasteiger partial charge is 0.133 e. The monoisotopic (exact) mass is 190 g/mol. The van der Waals surface area contributed by atoms with Gasteiger partial charge < -0.3 is 9.84 Å². The minimum absolute atomic E-state index is 0.393. The summed E-state index contributed by atoms with van der Waals surface area (Å²) in [5.41, 5.74) is 0.707. The van der Waals surface area contributed by atoms with Crippen LogP contribution < -0.4 is 0 Å². The lowest BCUT2D eigenvalue weighted by atomic mass is 9.88. The zero-order chi connectivity index (χ0) is 10.0. The third-order valence-electron chi connectivity index (χ3n) is 2.61. The molecule has 1 aromatic rings. The van der Waals surface area contributed by atoms with E-state index in [4.69, 9.17) is 4.74 Å². The van der Waals surface area contributed by atoms with Crippen LogP contribution in [-0.4, -0.2) is 11.2 Å². The Balaban J connectivity index is 2.29. The Labute approximate surface area is 83.8 Å². The first kappa shape index (κ1) is 9.28. The fourth-order valence-corrected chi connectivity index (χ4v) is 1.77. The maximum Gasteiger partial charge on any atom is 0.133 e. The molecule has 2 rings (SSSR count). The highest BCUT2D eigenvalue weighted by Gasteiger charge is 2.32. The number of hydrogen-bond donors (Lipinski definition) is 1. The summed E-state index contributed by atoms with van der Waals surface area (Å²) in [7, 11) is 0. The third-order valence-corrected chi connectivity index (χ3v) is 2.61. The van der Waals surface area contributed by atoms with Gasteiger partial charge >= 0.3 is 0 Å². The van der Waals surface area contributed by atoms with E-state index in [1.165, 1.54) is 0 Å². The van der Waals surface area contributed by atoms with Crippen molar-refractivity contribution in [2.75, 3.05) is 0 Å². The second-order valence-corrected chi connectivity index (χ2v) is 3.81. The molecule has 0 amide bonds. The van der Waals surface area contributed by atoms with Crippen LogP contribution in [0.4, 0.5) is 0 Å². The van der Waals surface area contributed by atoms with Gasteiger partial charge in [-0.3, -0.25) is 0 Å². The van der Waals surface area contributed by atoms with Gasteiger partial charge in [0, 0.05) is 6.42 Å². The maximum absolute atomic E-state index is 9.54. The van der Waals surface area contributed by atoms with Crippen LogP contribution in [0.3, 0.4) is 0 Å². The fraction of sp³-hybridized carbons (Fsp3) is 0.333. The summed E-state index contributed by atoms with van der Waals surface area (Å²) in [6, 6.07) is 9.98. The van der Waals surface area contributed by atoms with E-state index in [9.17, 15) is 5.11 Å². The van der Waals surface area contributed by atoms with Crippen LogP contribution in [0, 0.1) is 0 Å². The summed E-state index contributed by atoms with van der Waals surface area (Å²) in [6.45, 7) is 2.00. The Morgan fingerprint density at radius 2 is 2.07 bits per heavy atom. The quantitative estimate of drug-likeness (QED) is 0.735. The van der Waals surface area contributed by atoms with Crippen LogP contribution in [0.5, 0.6) is 0 Å². The van der Waals surface area contributed by atoms with Gasteiger partial charge in [-0.2, -0.15) is 0 Å².